The molecule has 0 saturated heterocycles. The topological polar surface area (TPSA) is 59.3 Å². The first-order valence-corrected chi connectivity index (χ1v) is 9.48. The molecule has 0 aromatic carbocycles. The molecule has 25 heavy (non-hydrogen) atoms. The van der Waals surface area contributed by atoms with E-state index >= 15 is 0 Å². The van der Waals surface area contributed by atoms with E-state index in [9.17, 15) is 4.79 Å². The van der Waals surface area contributed by atoms with Crippen LogP contribution in [0.4, 0.5) is 0 Å². The van der Waals surface area contributed by atoms with E-state index in [1.165, 1.54) is 12.8 Å². The van der Waals surface area contributed by atoms with E-state index in [4.69, 9.17) is 0 Å². The van der Waals surface area contributed by atoms with Crippen LogP contribution in [-0.2, 0) is 11.2 Å². The molecule has 2 heterocycles. The highest BCUT2D eigenvalue weighted by atomic mass is 16.1. The van der Waals surface area contributed by atoms with Gasteiger partial charge < -0.3 is 5.32 Å². The molecule has 0 unspecified atom stereocenters. The Morgan fingerprint density at radius 1 is 1.28 bits per heavy atom. The van der Waals surface area contributed by atoms with Gasteiger partial charge in [0.05, 0.1) is 5.69 Å². The number of amides is 1. The van der Waals surface area contributed by atoms with Crippen LogP contribution < -0.4 is 5.32 Å². The molecule has 2 aromatic heterocycles. The number of fused-ring (bicyclic) bond motifs is 1. The molecule has 1 N–H and O–H groups in total. The molecule has 5 heteroatoms. The molecule has 0 bridgehead atoms. The smallest absolute Gasteiger partial charge is 0.220 e. The van der Waals surface area contributed by atoms with Crippen LogP contribution >= 0.6 is 0 Å². The third-order valence-corrected chi connectivity index (χ3v) is 5.94. The maximum absolute atomic E-state index is 12.5. The average Bonchev–Trinajstić information content (AvgIpc) is 2.92. The van der Waals surface area contributed by atoms with Gasteiger partial charge in [0, 0.05) is 29.9 Å². The predicted molar refractivity (Wildman–Crippen MR) is 99.6 cm³/mol. The van der Waals surface area contributed by atoms with E-state index in [1.54, 1.807) is 0 Å². The second-order valence-corrected chi connectivity index (χ2v) is 7.76. The van der Waals surface area contributed by atoms with E-state index < -0.39 is 0 Å². The molecule has 5 nitrogen and oxygen atoms in total. The Bertz CT molecular complexity index is 780. The van der Waals surface area contributed by atoms with Crippen LogP contribution in [0.5, 0.6) is 0 Å². The van der Waals surface area contributed by atoms with Gasteiger partial charge in [0.1, 0.15) is 0 Å². The lowest BCUT2D eigenvalue weighted by Gasteiger charge is -2.34. The van der Waals surface area contributed by atoms with Crippen LogP contribution in [0.2, 0.25) is 0 Å². The minimum Gasteiger partial charge on any atom is -0.353 e. The number of carbonyl (C=O) groups is 1. The highest BCUT2D eigenvalue weighted by molar-refractivity contribution is 5.76. The summed E-state index contributed by atoms with van der Waals surface area (Å²) in [6, 6.07) is 2.31. The number of rotatable bonds is 4. The van der Waals surface area contributed by atoms with Crippen LogP contribution in [0.25, 0.3) is 5.65 Å². The molecule has 1 aliphatic carbocycles. The molecule has 0 aliphatic heterocycles. The van der Waals surface area contributed by atoms with Gasteiger partial charge in [-0.1, -0.05) is 26.7 Å². The molecule has 136 valence electrons. The molecule has 0 radical (unpaired) electrons. The first kappa shape index (κ1) is 17.9. The SMILES string of the molecule is Cc1cc2nc(C)c(CCC(=O)N[C@@H]3CCC[C@@H](C)[C@H]3C)c(C)n2n1. The number of nitrogens with one attached hydrogen (secondary N) is 1. The lowest BCUT2D eigenvalue weighted by molar-refractivity contribution is -0.122. The summed E-state index contributed by atoms with van der Waals surface area (Å²) in [7, 11) is 0. The van der Waals surface area contributed by atoms with Crippen molar-refractivity contribution in [1.29, 1.82) is 0 Å². The normalized spacial score (nSPS) is 23.8. The van der Waals surface area contributed by atoms with Crippen LogP contribution in [0.3, 0.4) is 0 Å². The maximum atomic E-state index is 12.5. The van der Waals surface area contributed by atoms with Gasteiger partial charge in [-0.05, 0) is 51.0 Å². The number of carbonyl (C=O) groups excluding carboxylic acids is 1. The molecule has 1 saturated carbocycles. The summed E-state index contributed by atoms with van der Waals surface area (Å²) in [5.41, 5.74) is 5.06. The molecule has 1 fully saturated rings. The van der Waals surface area contributed by atoms with Gasteiger partial charge in [-0.3, -0.25) is 4.79 Å². The number of hydrogen-bond acceptors (Lipinski definition) is 3. The van der Waals surface area contributed by atoms with E-state index in [2.05, 4.69) is 36.2 Å². The average molecular weight is 342 g/mol. The largest absolute Gasteiger partial charge is 0.353 e. The van der Waals surface area contributed by atoms with Crippen molar-refractivity contribution in [2.45, 2.75) is 72.8 Å². The van der Waals surface area contributed by atoms with Crippen LogP contribution in [-0.4, -0.2) is 26.5 Å². The van der Waals surface area contributed by atoms with Crippen molar-refractivity contribution in [2.24, 2.45) is 11.8 Å². The van der Waals surface area contributed by atoms with Gasteiger partial charge in [0.2, 0.25) is 5.91 Å². The number of hydrogen-bond donors (Lipinski definition) is 1. The van der Waals surface area contributed by atoms with Gasteiger partial charge in [0.25, 0.3) is 0 Å². The van der Waals surface area contributed by atoms with Crippen molar-refractivity contribution in [3.05, 3.63) is 28.7 Å². The van der Waals surface area contributed by atoms with Gasteiger partial charge >= 0.3 is 0 Å². The summed E-state index contributed by atoms with van der Waals surface area (Å²) in [6.45, 7) is 10.6. The molecule has 1 aliphatic rings. The molecular formula is C20H30N4O. The lowest BCUT2D eigenvalue weighted by Crippen LogP contribution is -2.43. The van der Waals surface area contributed by atoms with Crippen molar-refractivity contribution >= 4 is 11.6 Å². The van der Waals surface area contributed by atoms with Crippen molar-refractivity contribution in [3.8, 4) is 0 Å². The number of aryl methyl sites for hydroxylation is 3. The maximum Gasteiger partial charge on any atom is 0.220 e. The first-order valence-electron chi connectivity index (χ1n) is 9.48. The quantitative estimate of drug-likeness (QED) is 0.925. The second-order valence-electron chi connectivity index (χ2n) is 7.76. The zero-order valence-corrected chi connectivity index (χ0v) is 16.1. The number of nitrogens with zero attached hydrogens (tertiary/aromatic N) is 3. The Hall–Kier alpha value is -1.91. The fourth-order valence-corrected chi connectivity index (χ4v) is 4.11. The second kappa shape index (κ2) is 7.14. The van der Waals surface area contributed by atoms with Crippen LogP contribution in [0, 0.1) is 32.6 Å². The highest BCUT2D eigenvalue weighted by Crippen LogP contribution is 2.29. The van der Waals surface area contributed by atoms with Crippen molar-refractivity contribution in [3.63, 3.8) is 0 Å². The molecular weight excluding hydrogens is 312 g/mol. The Labute approximate surface area is 150 Å². The molecule has 0 spiro atoms. The zero-order chi connectivity index (χ0) is 18.1. The monoisotopic (exact) mass is 342 g/mol. The standard InChI is InChI=1S/C20H30N4O/c1-12-7-6-8-18(14(12)3)22-20(25)10-9-17-15(4)21-19-11-13(2)23-24(19)16(17)5/h11-12,14,18H,6-10H2,1-5H3,(H,22,25)/t12-,14-,18-/m1/s1. The molecule has 3 rings (SSSR count). The fraction of sp³-hybridized carbons (Fsp3) is 0.650. The third kappa shape index (κ3) is 3.70. The Balaban J connectivity index is 1.67. The molecule has 3 atom stereocenters. The van der Waals surface area contributed by atoms with Crippen molar-refractivity contribution < 1.29 is 4.79 Å². The van der Waals surface area contributed by atoms with E-state index in [0.717, 1.165) is 34.7 Å². The summed E-state index contributed by atoms with van der Waals surface area (Å²) in [4.78, 5) is 17.1. The van der Waals surface area contributed by atoms with E-state index in [-0.39, 0.29) is 5.91 Å². The Kier molecular flexibility index (Phi) is 5.11. The number of aromatic nitrogens is 3. The summed E-state index contributed by atoms with van der Waals surface area (Å²) in [6.07, 6.45) is 4.82. The first-order chi connectivity index (χ1) is 11.9. The predicted octanol–water partition coefficient (Wildman–Crippen LogP) is 3.53. The van der Waals surface area contributed by atoms with Gasteiger partial charge in [-0.25, -0.2) is 9.50 Å². The molecule has 2 aromatic rings. The van der Waals surface area contributed by atoms with Gasteiger partial charge in [0.15, 0.2) is 5.65 Å². The summed E-state index contributed by atoms with van der Waals surface area (Å²) in [5.74, 6) is 1.41. The zero-order valence-electron chi connectivity index (χ0n) is 16.1. The van der Waals surface area contributed by atoms with Crippen molar-refractivity contribution in [2.75, 3.05) is 0 Å². The Morgan fingerprint density at radius 2 is 2.04 bits per heavy atom. The van der Waals surface area contributed by atoms with E-state index in [1.807, 2.05) is 24.4 Å². The molecule has 1 amide bonds. The highest BCUT2D eigenvalue weighted by Gasteiger charge is 2.28. The third-order valence-electron chi connectivity index (χ3n) is 5.94. The minimum absolute atomic E-state index is 0.154. The Morgan fingerprint density at radius 3 is 2.80 bits per heavy atom. The fourth-order valence-electron chi connectivity index (χ4n) is 4.11. The van der Waals surface area contributed by atoms with Gasteiger partial charge in [-0.15, -0.1) is 0 Å². The summed E-state index contributed by atoms with van der Waals surface area (Å²) < 4.78 is 1.89. The van der Waals surface area contributed by atoms with E-state index in [0.29, 0.717) is 30.7 Å². The minimum atomic E-state index is 0.154. The van der Waals surface area contributed by atoms with Crippen LogP contribution in [0.15, 0.2) is 6.07 Å². The van der Waals surface area contributed by atoms with Gasteiger partial charge in [-0.2, -0.15) is 5.10 Å². The van der Waals surface area contributed by atoms with Crippen molar-refractivity contribution in [1.82, 2.24) is 19.9 Å². The lowest BCUT2D eigenvalue weighted by atomic mass is 9.78. The summed E-state index contributed by atoms with van der Waals surface area (Å²) in [5, 5.41) is 7.77. The van der Waals surface area contributed by atoms with Crippen LogP contribution in [0.1, 0.15) is 62.2 Å². The summed E-state index contributed by atoms with van der Waals surface area (Å²) >= 11 is 0.